The molecule has 48 nitrogen and oxygen atoms in total. The third-order valence-corrected chi connectivity index (χ3v) is 22.8. The molecule has 22 rings (SSSR count). The highest BCUT2D eigenvalue weighted by atomic mass is 32.1. The molecule has 0 unspecified atom stereocenters. The number of nitrogens with one attached hydrogen (secondary N) is 18. The summed E-state index contributed by atoms with van der Waals surface area (Å²) in [6.07, 6.45) is 23.1. The Morgan fingerprint density at radius 3 is 0.928 bits per heavy atom. The van der Waals surface area contributed by atoms with E-state index < -0.39 is 54.4 Å². The average molecular weight is 1900 g/mol. The number of furan rings is 2. The van der Waals surface area contributed by atoms with Crippen LogP contribution in [-0.2, 0) is 0 Å². The number of fused-ring (bicyclic) bond motifs is 7. The van der Waals surface area contributed by atoms with Gasteiger partial charge >= 0.3 is 0 Å². The van der Waals surface area contributed by atoms with Crippen LogP contribution in [0.1, 0.15) is 128 Å². The minimum absolute atomic E-state index is 0.101. The SMILES string of the molecule is CNC(=O)c1nscc1Nc1cc(NC)n2ncc(C(=O)N[C@@H]3C[C@@H]3F)c2n1.CNC(=O)c1occc1Nc1cc(NC)n2ncc(C(=O)NC3CC3)c2n1.CNC(=O)c1occc1Nc1cc(NC)n2ncc(C(=O)N[C@@H]3C[C@@H]3F)c2n1.CNc1cc(Nc2cccn3ccnc23)nc2c(C(=O)NC3CC3)cnn12.CNc1cc(Nc2cccn3ccnc23)nc2c(C(=O)N[C@@H]3C[C@@H]3F)cnn12. The fraction of sp³-hybridized carbons (Fsp3) is 0.267. The molecule has 0 saturated heterocycles. The van der Waals surface area contributed by atoms with Gasteiger partial charge in [0.2, 0.25) is 11.5 Å². The monoisotopic (exact) mass is 1900 g/mol. The molecule has 0 bridgehead atoms. The van der Waals surface area contributed by atoms with Crippen LogP contribution in [0.5, 0.6) is 0 Å². The van der Waals surface area contributed by atoms with Crippen LogP contribution in [0.25, 0.3) is 39.5 Å². The van der Waals surface area contributed by atoms with Gasteiger partial charge in [0.15, 0.2) is 45.2 Å². The Morgan fingerprint density at radius 2 is 0.645 bits per heavy atom. The molecule has 0 aromatic carbocycles. The molecule has 0 spiro atoms. The second-order valence-electron chi connectivity index (χ2n) is 31.8. The van der Waals surface area contributed by atoms with E-state index in [1.165, 1.54) is 72.0 Å². The molecule has 710 valence electrons. The first-order chi connectivity index (χ1) is 67.0. The van der Waals surface area contributed by atoms with Gasteiger partial charge in [-0.15, -0.1) is 0 Å². The van der Waals surface area contributed by atoms with E-state index in [1.807, 2.05) is 63.9 Å². The van der Waals surface area contributed by atoms with Crippen LogP contribution in [0, 0.1) is 0 Å². The van der Waals surface area contributed by atoms with Gasteiger partial charge in [0.1, 0.15) is 105 Å². The third-order valence-electron chi connectivity index (χ3n) is 22.1. The quantitative estimate of drug-likeness (QED) is 0.0221. The van der Waals surface area contributed by atoms with E-state index in [4.69, 9.17) is 8.83 Å². The zero-order valence-electron chi connectivity index (χ0n) is 74.6. The molecular formula is C86H89F3N38O10S. The summed E-state index contributed by atoms with van der Waals surface area (Å²) in [5.74, 6) is 3.04. The lowest BCUT2D eigenvalue weighted by Gasteiger charge is -2.11. The fourth-order valence-electron chi connectivity index (χ4n) is 14.3. The molecule has 5 saturated carbocycles. The Kier molecular flexibility index (Phi) is 25.5. The van der Waals surface area contributed by atoms with Crippen LogP contribution in [0.3, 0.4) is 0 Å². The van der Waals surface area contributed by atoms with E-state index in [0.717, 1.165) is 65.7 Å². The molecule has 0 aliphatic heterocycles. The van der Waals surface area contributed by atoms with Crippen molar-refractivity contribution in [1.29, 1.82) is 0 Å². The number of imidazole rings is 2. The number of carbonyl (C=O) groups is 8. The molecule has 5 aliphatic rings. The number of rotatable bonds is 28. The van der Waals surface area contributed by atoms with Gasteiger partial charge in [0.25, 0.3) is 47.3 Å². The van der Waals surface area contributed by atoms with E-state index in [0.29, 0.717) is 128 Å². The molecule has 5 fully saturated rings. The molecular weight excluding hydrogens is 1810 g/mol. The van der Waals surface area contributed by atoms with Crippen LogP contribution in [0.4, 0.5) is 99.8 Å². The second kappa shape index (κ2) is 38.8. The number of carbonyl (C=O) groups excluding carboxylic acids is 8. The Hall–Kier alpha value is -17.8. The van der Waals surface area contributed by atoms with Crippen molar-refractivity contribution in [2.45, 2.75) is 93.7 Å². The lowest BCUT2D eigenvalue weighted by Crippen LogP contribution is -2.27. The number of nitrogens with zero attached hydrogens (tertiary/aromatic N) is 20. The van der Waals surface area contributed by atoms with Gasteiger partial charge < -0.3 is 113 Å². The highest BCUT2D eigenvalue weighted by Gasteiger charge is 2.42. The first-order valence-corrected chi connectivity index (χ1v) is 44.1. The van der Waals surface area contributed by atoms with Crippen molar-refractivity contribution in [1.82, 2.24) is 139 Å². The van der Waals surface area contributed by atoms with Crippen LogP contribution >= 0.6 is 11.5 Å². The lowest BCUT2D eigenvalue weighted by atomic mass is 10.3. The summed E-state index contributed by atoms with van der Waals surface area (Å²) < 4.78 is 65.3. The molecule has 17 aromatic heterocycles. The maximum atomic E-state index is 13.1. The van der Waals surface area contributed by atoms with Gasteiger partial charge in [-0.25, -0.2) is 48.1 Å². The number of alkyl halides is 3. The fourth-order valence-corrected chi connectivity index (χ4v) is 14.9. The Bertz CT molecular complexity index is 7360. The number of pyridine rings is 2. The van der Waals surface area contributed by atoms with Crippen molar-refractivity contribution in [3.05, 3.63) is 198 Å². The number of hydrogen-bond donors (Lipinski definition) is 18. The average Bonchev–Trinajstić information content (AvgIpc) is 1.64. The summed E-state index contributed by atoms with van der Waals surface area (Å²) in [5.41, 5.74) is 8.23. The molecule has 138 heavy (non-hydrogen) atoms. The number of aromatic nitrogens is 20. The maximum absolute atomic E-state index is 13.1. The van der Waals surface area contributed by atoms with E-state index in [-0.39, 0.29) is 75.6 Å². The summed E-state index contributed by atoms with van der Waals surface area (Å²) in [6.45, 7) is 0. The van der Waals surface area contributed by atoms with Gasteiger partial charge in [0.05, 0.1) is 90.1 Å². The molecule has 6 atom stereocenters. The molecule has 17 heterocycles. The largest absolute Gasteiger partial charge is 0.457 e. The number of amides is 8. The predicted molar refractivity (Wildman–Crippen MR) is 502 cm³/mol. The van der Waals surface area contributed by atoms with Crippen LogP contribution in [0.2, 0.25) is 0 Å². The van der Waals surface area contributed by atoms with Crippen LogP contribution in [-0.4, -0.2) is 248 Å². The lowest BCUT2D eigenvalue weighted by molar-refractivity contribution is 0.0929. The Labute approximate surface area is 781 Å². The van der Waals surface area contributed by atoms with E-state index >= 15 is 0 Å². The zero-order chi connectivity index (χ0) is 96.3. The minimum atomic E-state index is -1.01. The smallest absolute Gasteiger partial charge is 0.288 e. The molecule has 8 amide bonds. The van der Waals surface area contributed by atoms with Crippen molar-refractivity contribution in [2.24, 2.45) is 0 Å². The molecule has 18 N–H and O–H groups in total. The van der Waals surface area contributed by atoms with Gasteiger partial charge in [-0.2, -0.15) is 52.4 Å². The third kappa shape index (κ3) is 19.4. The van der Waals surface area contributed by atoms with E-state index in [1.54, 1.807) is 105 Å². The highest BCUT2D eigenvalue weighted by Crippen LogP contribution is 2.35. The van der Waals surface area contributed by atoms with Gasteiger partial charge in [-0.05, 0) is 61.5 Å². The van der Waals surface area contributed by atoms with Gasteiger partial charge in [0, 0.05) is 173 Å². The van der Waals surface area contributed by atoms with E-state index in [9.17, 15) is 51.5 Å². The molecule has 0 radical (unpaired) electrons. The van der Waals surface area contributed by atoms with Crippen LogP contribution in [0.15, 0.2) is 162 Å². The van der Waals surface area contributed by atoms with Gasteiger partial charge in [-0.1, -0.05) is 0 Å². The van der Waals surface area contributed by atoms with E-state index in [2.05, 4.69) is 160 Å². The zero-order valence-corrected chi connectivity index (χ0v) is 75.4. The van der Waals surface area contributed by atoms with Crippen molar-refractivity contribution in [3.8, 4) is 0 Å². The molecule has 5 aliphatic carbocycles. The topological polar surface area (TPSA) is 578 Å². The number of anilines is 15. The van der Waals surface area contributed by atoms with Crippen molar-refractivity contribution < 1.29 is 60.4 Å². The Morgan fingerprint density at radius 1 is 0.355 bits per heavy atom. The number of halogens is 3. The summed E-state index contributed by atoms with van der Waals surface area (Å²) >= 11 is 1.13. The minimum Gasteiger partial charge on any atom is -0.457 e. The predicted octanol–water partition coefficient (Wildman–Crippen LogP) is 7.89. The van der Waals surface area contributed by atoms with Crippen molar-refractivity contribution >= 4 is 185 Å². The molecule has 17 aromatic rings. The summed E-state index contributed by atoms with van der Waals surface area (Å²) in [5, 5.41) is 75.1. The summed E-state index contributed by atoms with van der Waals surface area (Å²) in [7, 11) is 13.3. The van der Waals surface area contributed by atoms with Crippen molar-refractivity contribution in [2.75, 3.05) is 110 Å². The Balaban J connectivity index is 0.000000115. The normalized spacial score (nSPS) is 16.3. The first-order valence-electron chi connectivity index (χ1n) is 43.2. The van der Waals surface area contributed by atoms with Gasteiger partial charge in [-0.3, -0.25) is 38.4 Å². The second-order valence-corrected chi connectivity index (χ2v) is 32.4. The molecule has 52 heteroatoms. The van der Waals surface area contributed by atoms with Crippen LogP contribution < -0.4 is 95.7 Å². The highest BCUT2D eigenvalue weighted by molar-refractivity contribution is 7.04. The number of hydrogen-bond acceptors (Lipinski definition) is 34. The summed E-state index contributed by atoms with van der Waals surface area (Å²) in [6, 6.07) is 18.7. The van der Waals surface area contributed by atoms with Crippen molar-refractivity contribution in [3.63, 3.8) is 0 Å². The maximum Gasteiger partial charge on any atom is 0.288 e. The first kappa shape index (κ1) is 90.7. The summed E-state index contributed by atoms with van der Waals surface area (Å²) in [4.78, 5) is 129. The standard InChI is InChI=1S/C18H17FN8O.C18H18N8O.C17H18FN7O3.C17H19N7O3.C16H17FN8O2S/c1-20-15-8-14(23-12-3-2-5-26-6-4-21-17(12)26)25-16-10(9-22-27(15)16)18(28)24-13-7-11(13)19;1-19-15-9-14(23-13-3-2-7-25-8-6-20-17(13)25)24-16-12(10-21-26(15)16)18(27)22-11-4-5-11;1-19-13-6-12(22-10-3-4-28-14(10)17(27)20-2)24-15-8(7-21-25(13)15)16(26)23-11-5-9(11)18;1-18-13-7-12(22-11-5-6-27-14(11)17(26)19-2)23-15-10(8-20-24(13)15)16(25)21-9-3-4-9;1-18-12-4-11(21-10-6-28-24-13(10)16(27)19-2)23-14-7(5-20-25(12)14)15(26)22-9-3-8(9)17/h2-6,8-9,11,13,20H,7H2,1H3,(H,23,25)(H,24,28);2-3,6-11,19H,4-5H2,1H3,(H,22,27)(H,23,24);3-4,6-7,9,11,19H,5H2,1-2H3,(H,20,27)(H,22,24)(H,23,26);5-9,18H,3-4H2,1-2H3,(H,19,26)(H,21,25)(H,22,23);4-6,8-9,18H,3H2,1-2H3,(H,19,27)(H,21,23)(H,22,26)/t11-,13+;;9-,11+;;8-,9+/m0.0.0/s1.